The molecule has 1 aliphatic heterocycles. The lowest BCUT2D eigenvalue weighted by molar-refractivity contribution is 0.233. The molecule has 0 atom stereocenters. The van der Waals surface area contributed by atoms with Crippen LogP contribution in [0.5, 0.6) is 0 Å². The molecule has 0 unspecified atom stereocenters. The summed E-state index contributed by atoms with van der Waals surface area (Å²) in [7, 11) is 1.40. The molecule has 0 bridgehead atoms. The maximum atomic E-state index is 11.6. The highest BCUT2D eigenvalue weighted by atomic mass is 32.2. The van der Waals surface area contributed by atoms with Gasteiger partial charge < -0.3 is 10.5 Å². The SMILES string of the molecule is CO/C(N)=N/C(=O)N1CCCCCCS1. The number of urea groups is 1. The van der Waals surface area contributed by atoms with Gasteiger partial charge in [-0.15, -0.1) is 4.99 Å². The van der Waals surface area contributed by atoms with Gasteiger partial charge in [-0.05, 0) is 24.8 Å². The average Bonchev–Trinajstić information content (AvgIpc) is 2.16. The summed E-state index contributed by atoms with van der Waals surface area (Å²) in [6.45, 7) is 0.740. The summed E-state index contributed by atoms with van der Waals surface area (Å²) in [5.41, 5.74) is 5.32. The minimum atomic E-state index is -0.318. The lowest BCUT2D eigenvalue weighted by atomic mass is 10.2. The van der Waals surface area contributed by atoms with Crippen molar-refractivity contribution in [3.05, 3.63) is 0 Å². The summed E-state index contributed by atoms with van der Waals surface area (Å²) in [5, 5.41) is 0. The lowest BCUT2D eigenvalue weighted by Gasteiger charge is -2.21. The molecule has 0 aromatic carbocycles. The van der Waals surface area contributed by atoms with Gasteiger partial charge in [-0.1, -0.05) is 12.8 Å². The van der Waals surface area contributed by atoms with Crippen LogP contribution in [-0.4, -0.2) is 35.8 Å². The van der Waals surface area contributed by atoms with Crippen molar-refractivity contribution in [3.8, 4) is 0 Å². The molecule has 5 nitrogen and oxygen atoms in total. The van der Waals surface area contributed by atoms with Gasteiger partial charge in [-0.3, -0.25) is 4.31 Å². The Bertz CT molecular complexity index is 238. The Hall–Kier alpha value is -0.910. The summed E-state index contributed by atoms with van der Waals surface area (Å²) in [6, 6.07) is -0.399. The van der Waals surface area contributed by atoms with E-state index in [0.29, 0.717) is 0 Å². The Labute approximate surface area is 94.2 Å². The van der Waals surface area contributed by atoms with E-state index < -0.39 is 0 Å². The van der Waals surface area contributed by atoms with Crippen molar-refractivity contribution in [2.24, 2.45) is 10.7 Å². The maximum absolute atomic E-state index is 11.6. The van der Waals surface area contributed by atoms with E-state index in [0.717, 1.165) is 25.1 Å². The first-order chi connectivity index (χ1) is 7.24. The van der Waals surface area contributed by atoms with Gasteiger partial charge in [0.2, 0.25) is 0 Å². The monoisotopic (exact) mass is 231 g/mol. The van der Waals surface area contributed by atoms with Crippen LogP contribution in [0.2, 0.25) is 0 Å². The molecule has 86 valence electrons. The number of hydrogen-bond acceptors (Lipinski definition) is 3. The lowest BCUT2D eigenvalue weighted by Crippen LogP contribution is -2.27. The quantitative estimate of drug-likeness (QED) is 0.390. The highest BCUT2D eigenvalue weighted by Crippen LogP contribution is 2.19. The van der Waals surface area contributed by atoms with Gasteiger partial charge in [0.25, 0.3) is 6.02 Å². The molecule has 2 N–H and O–H groups in total. The molecule has 1 rings (SSSR count). The van der Waals surface area contributed by atoms with E-state index in [1.54, 1.807) is 4.31 Å². The molecule has 6 heteroatoms. The number of nitrogens with zero attached hydrogens (tertiary/aromatic N) is 2. The molecular weight excluding hydrogens is 214 g/mol. The van der Waals surface area contributed by atoms with Crippen LogP contribution in [0.15, 0.2) is 4.99 Å². The minimum Gasteiger partial charge on any atom is -0.468 e. The van der Waals surface area contributed by atoms with Crippen LogP contribution in [0.4, 0.5) is 4.79 Å². The van der Waals surface area contributed by atoms with Crippen molar-refractivity contribution in [2.45, 2.75) is 25.7 Å². The molecule has 0 spiro atoms. The normalized spacial score (nSPS) is 19.3. The van der Waals surface area contributed by atoms with Crippen LogP contribution in [0.25, 0.3) is 0 Å². The average molecular weight is 231 g/mol. The third-order valence-corrected chi connectivity index (χ3v) is 3.25. The molecule has 1 saturated heterocycles. The standard InChI is InChI=1S/C9H17N3O2S/c1-14-8(10)11-9(13)12-6-4-2-3-5-7-15-12/h2-7H2,1H3,(H2,10,11,13). The fraction of sp³-hybridized carbons (Fsp3) is 0.778. The fourth-order valence-corrected chi connectivity index (χ4v) is 2.26. The highest BCUT2D eigenvalue weighted by Gasteiger charge is 2.15. The van der Waals surface area contributed by atoms with Crippen LogP contribution >= 0.6 is 11.9 Å². The number of methoxy groups -OCH3 is 1. The van der Waals surface area contributed by atoms with Gasteiger partial charge in [0.15, 0.2) is 0 Å². The molecule has 0 saturated carbocycles. The zero-order valence-electron chi connectivity index (χ0n) is 8.94. The van der Waals surface area contributed by atoms with E-state index in [4.69, 9.17) is 5.73 Å². The smallest absolute Gasteiger partial charge is 0.358 e. The van der Waals surface area contributed by atoms with Gasteiger partial charge in [-0.2, -0.15) is 0 Å². The Balaban J connectivity index is 2.48. The van der Waals surface area contributed by atoms with Crippen molar-refractivity contribution in [1.29, 1.82) is 0 Å². The van der Waals surface area contributed by atoms with Crippen molar-refractivity contribution < 1.29 is 9.53 Å². The molecular formula is C9H17N3O2S. The van der Waals surface area contributed by atoms with E-state index in [1.807, 2.05) is 0 Å². The van der Waals surface area contributed by atoms with E-state index >= 15 is 0 Å². The van der Waals surface area contributed by atoms with E-state index in [9.17, 15) is 4.79 Å². The summed E-state index contributed by atoms with van der Waals surface area (Å²) in [6.07, 6.45) is 4.60. The molecule has 1 fully saturated rings. The summed E-state index contributed by atoms with van der Waals surface area (Å²) in [4.78, 5) is 15.2. The number of aliphatic imine (C=N–C) groups is 1. The minimum absolute atomic E-state index is 0.0809. The highest BCUT2D eigenvalue weighted by molar-refractivity contribution is 7.97. The second-order valence-electron chi connectivity index (χ2n) is 3.29. The number of amidine groups is 1. The Kier molecular flexibility index (Phi) is 5.31. The van der Waals surface area contributed by atoms with Gasteiger partial charge in [0.05, 0.1) is 7.11 Å². The summed E-state index contributed by atoms with van der Waals surface area (Å²) in [5.74, 6) is 0.966. The predicted octanol–water partition coefficient (Wildman–Crippen LogP) is 1.59. The zero-order chi connectivity index (χ0) is 11.1. The van der Waals surface area contributed by atoms with Crippen LogP contribution in [0.1, 0.15) is 25.7 Å². The second-order valence-corrected chi connectivity index (χ2v) is 4.39. The largest absolute Gasteiger partial charge is 0.468 e. The maximum Gasteiger partial charge on any atom is 0.358 e. The van der Waals surface area contributed by atoms with Crippen LogP contribution < -0.4 is 5.73 Å². The van der Waals surface area contributed by atoms with Gasteiger partial charge in [0.1, 0.15) is 0 Å². The number of rotatable bonds is 0. The van der Waals surface area contributed by atoms with E-state index in [-0.39, 0.29) is 12.1 Å². The first kappa shape index (κ1) is 12.2. The fourth-order valence-electron chi connectivity index (χ4n) is 1.30. The first-order valence-corrected chi connectivity index (χ1v) is 6.01. The molecule has 0 aromatic rings. The van der Waals surface area contributed by atoms with Crippen molar-refractivity contribution in [2.75, 3.05) is 19.4 Å². The number of nitrogens with two attached hydrogens (primary N) is 1. The van der Waals surface area contributed by atoms with Crippen molar-refractivity contribution in [3.63, 3.8) is 0 Å². The third-order valence-electron chi connectivity index (χ3n) is 2.13. The van der Waals surface area contributed by atoms with Crippen molar-refractivity contribution >= 4 is 24.0 Å². The van der Waals surface area contributed by atoms with Crippen LogP contribution in [0, 0.1) is 0 Å². The molecule has 0 aromatic heterocycles. The van der Waals surface area contributed by atoms with Crippen molar-refractivity contribution in [1.82, 2.24) is 4.31 Å². The van der Waals surface area contributed by atoms with Gasteiger partial charge in [0, 0.05) is 12.3 Å². The number of carbonyl (C=O) groups excluding carboxylic acids is 1. The van der Waals surface area contributed by atoms with E-state index in [2.05, 4.69) is 9.73 Å². The molecule has 0 radical (unpaired) electrons. The van der Waals surface area contributed by atoms with Crippen LogP contribution in [-0.2, 0) is 4.74 Å². The number of ether oxygens (including phenoxy) is 1. The predicted molar refractivity (Wildman–Crippen MR) is 61.7 cm³/mol. The molecule has 1 aliphatic rings. The number of amides is 2. The van der Waals surface area contributed by atoms with Gasteiger partial charge >= 0.3 is 6.03 Å². The Morgan fingerprint density at radius 3 is 2.87 bits per heavy atom. The van der Waals surface area contributed by atoms with E-state index in [1.165, 1.54) is 31.9 Å². The number of hydrogen-bond donors (Lipinski definition) is 1. The zero-order valence-corrected chi connectivity index (χ0v) is 9.76. The molecule has 1 heterocycles. The van der Waals surface area contributed by atoms with Crippen LogP contribution in [0.3, 0.4) is 0 Å². The topological polar surface area (TPSA) is 67.9 Å². The Morgan fingerprint density at radius 2 is 2.13 bits per heavy atom. The summed E-state index contributed by atoms with van der Waals surface area (Å²) >= 11 is 1.52. The Morgan fingerprint density at radius 1 is 1.40 bits per heavy atom. The number of carbonyl (C=O) groups is 1. The third kappa shape index (κ3) is 4.42. The molecule has 2 amide bonds. The molecule has 0 aliphatic carbocycles. The second kappa shape index (κ2) is 6.55. The first-order valence-electron chi connectivity index (χ1n) is 5.06. The summed E-state index contributed by atoms with van der Waals surface area (Å²) < 4.78 is 6.30. The van der Waals surface area contributed by atoms with Gasteiger partial charge in [-0.25, -0.2) is 4.79 Å². The molecule has 15 heavy (non-hydrogen) atoms.